The van der Waals surface area contributed by atoms with Gasteiger partial charge < -0.3 is 9.80 Å². The number of rotatable bonds is 5. The lowest BCUT2D eigenvalue weighted by atomic mass is 10.1. The highest BCUT2D eigenvalue weighted by Gasteiger charge is 2.00. The summed E-state index contributed by atoms with van der Waals surface area (Å²) in [5, 5.41) is 0. The summed E-state index contributed by atoms with van der Waals surface area (Å²) in [6, 6.07) is 16.8. The molecule has 0 saturated carbocycles. The summed E-state index contributed by atoms with van der Waals surface area (Å²) in [4.78, 5) is 4.26. The molecular weight excluding hydrogens is 268 g/mol. The molecule has 0 unspecified atom stereocenters. The zero-order chi connectivity index (χ0) is 15.9. The van der Waals surface area contributed by atoms with Gasteiger partial charge in [0.15, 0.2) is 0 Å². The number of para-hydroxylation sites is 2. The fraction of sp³-hybridized carbons (Fsp3) is 0.200. The largest absolute Gasteiger partial charge is 0.377 e. The summed E-state index contributed by atoms with van der Waals surface area (Å²) < 4.78 is 0. The molecule has 0 bridgehead atoms. The molecule has 0 fully saturated rings. The van der Waals surface area contributed by atoms with E-state index >= 15 is 0 Å². The quantitative estimate of drug-likeness (QED) is 0.746. The van der Waals surface area contributed by atoms with E-state index in [1.54, 1.807) is 0 Å². The maximum absolute atomic E-state index is 2.14. The van der Waals surface area contributed by atoms with E-state index in [4.69, 9.17) is 0 Å². The lowest BCUT2D eigenvalue weighted by Crippen LogP contribution is -2.09. The molecule has 2 rings (SSSR count). The molecule has 0 aliphatic rings. The standard InChI is InChI=1S/C20H24N2/c1-21(2)19-15-9-7-13-17(19)11-5-6-12-18-14-8-10-16-20(18)22(3)4/h5-16H,1-4H3/b11-5+,12-6+. The Morgan fingerprint density at radius 2 is 0.955 bits per heavy atom. The molecule has 2 heteroatoms. The second kappa shape index (κ2) is 7.51. The predicted octanol–water partition coefficient (Wildman–Crippen LogP) is 4.55. The second-order valence-corrected chi connectivity index (χ2v) is 5.62. The van der Waals surface area contributed by atoms with E-state index < -0.39 is 0 Å². The van der Waals surface area contributed by atoms with Crippen LogP contribution in [0.2, 0.25) is 0 Å². The number of hydrogen-bond donors (Lipinski definition) is 0. The van der Waals surface area contributed by atoms with Crippen LogP contribution in [0.25, 0.3) is 12.2 Å². The average molecular weight is 292 g/mol. The SMILES string of the molecule is CN(C)c1ccccc1/C=C/C=C/c1ccccc1N(C)C. The van der Waals surface area contributed by atoms with Crippen molar-refractivity contribution in [3.63, 3.8) is 0 Å². The molecule has 114 valence electrons. The molecule has 0 aliphatic heterocycles. The van der Waals surface area contributed by atoms with E-state index in [1.165, 1.54) is 22.5 Å². The van der Waals surface area contributed by atoms with Crippen molar-refractivity contribution in [3.05, 3.63) is 71.8 Å². The van der Waals surface area contributed by atoms with Crippen molar-refractivity contribution in [2.45, 2.75) is 0 Å². The predicted molar refractivity (Wildman–Crippen MR) is 99.6 cm³/mol. The summed E-state index contributed by atoms with van der Waals surface area (Å²) >= 11 is 0. The van der Waals surface area contributed by atoms with Crippen molar-refractivity contribution in [3.8, 4) is 0 Å². The summed E-state index contributed by atoms with van der Waals surface area (Å²) in [7, 11) is 8.26. The van der Waals surface area contributed by atoms with Gasteiger partial charge in [0.05, 0.1) is 0 Å². The van der Waals surface area contributed by atoms with Crippen molar-refractivity contribution >= 4 is 23.5 Å². The molecule has 0 heterocycles. The average Bonchev–Trinajstić information content (AvgIpc) is 2.52. The molecule has 0 radical (unpaired) electrons. The zero-order valence-electron chi connectivity index (χ0n) is 13.8. The van der Waals surface area contributed by atoms with E-state index in [9.17, 15) is 0 Å². The summed E-state index contributed by atoms with van der Waals surface area (Å²) in [6.45, 7) is 0. The van der Waals surface area contributed by atoms with Crippen LogP contribution in [0.15, 0.2) is 60.7 Å². The number of allylic oxidation sites excluding steroid dienone is 2. The molecule has 2 aromatic carbocycles. The Bertz CT molecular complexity index is 607. The normalized spacial score (nSPS) is 11.3. The third-order valence-electron chi connectivity index (χ3n) is 3.50. The molecule has 0 amide bonds. The number of anilines is 2. The monoisotopic (exact) mass is 292 g/mol. The number of nitrogens with zero attached hydrogens (tertiary/aromatic N) is 2. The lowest BCUT2D eigenvalue weighted by Gasteiger charge is -2.15. The van der Waals surface area contributed by atoms with Gasteiger partial charge in [-0.05, 0) is 23.3 Å². The topological polar surface area (TPSA) is 6.48 Å². The van der Waals surface area contributed by atoms with Gasteiger partial charge in [0.25, 0.3) is 0 Å². The van der Waals surface area contributed by atoms with E-state index in [-0.39, 0.29) is 0 Å². The van der Waals surface area contributed by atoms with Crippen LogP contribution in [0.1, 0.15) is 11.1 Å². The zero-order valence-corrected chi connectivity index (χ0v) is 13.8. The van der Waals surface area contributed by atoms with Crippen molar-refractivity contribution in [1.82, 2.24) is 0 Å². The first-order valence-electron chi connectivity index (χ1n) is 7.47. The van der Waals surface area contributed by atoms with Crippen molar-refractivity contribution in [2.24, 2.45) is 0 Å². The Balaban J connectivity index is 2.17. The summed E-state index contributed by atoms with van der Waals surface area (Å²) in [6.07, 6.45) is 8.47. The smallest absolute Gasteiger partial charge is 0.0434 e. The molecular formula is C20H24N2. The van der Waals surface area contributed by atoms with Gasteiger partial charge in [-0.15, -0.1) is 0 Å². The van der Waals surface area contributed by atoms with Gasteiger partial charge >= 0.3 is 0 Å². The number of hydrogen-bond acceptors (Lipinski definition) is 2. The van der Waals surface area contributed by atoms with E-state index in [0.717, 1.165) is 0 Å². The first-order chi connectivity index (χ1) is 10.6. The Labute approximate surface area is 134 Å². The highest BCUT2D eigenvalue weighted by atomic mass is 15.1. The van der Waals surface area contributed by atoms with Gasteiger partial charge in [0.2, 0.25) is 0 Å². The molecule has 0 spiro atoms. The van der Waals surface area contributed by atoms with Gasteiger partial charge in [0.1, 0.15) is 0 Å². The third-order valence-corrected chi connectivity index (χ3v) is 3.50. The number of benzene rings is 2. The second-order valence-electron chi connectivity index (χ2n) is 5.62. The van der Waals surface area contributed by atoms with Gasteiger partial charge in [0, 0.05) is 39.6 Å². The molecule has 2 nitrogen and oxygen atoms in total. The van der Waals surface area contributed by atoms with Gasteiger partial charge in [-0.1, -0.05) is 60.7 Å². The fourth-order valence-corrected chi connectivity index (χ4v) is 2.39. The summed E-state index contributed by atoms with van der Waals surface area (Å²) in [5.74, 6) is 0. The van der Waals surface area contributed by atoms with E-state index in [0.29, 0.717) is 0 Å². The minimum atomic E-state index is 1.22. The van der Waals surface area contributed by atoms with E-state index in [1.807, 2.05) is 0 Å². The molecule has 0 aliphatic carbocycles. The van der Waals surface area contributed by atoms with Crippen molar-refractivity contribution in [2.75, 3.05) is 38.0 Å². The highest BCUT2D eigenvalue weighted by Crippen LogP contribution is 2.21. The first kappa shape index (κ1) is 15.9. The maximum Gasteiger partial charge on any atom is 0.0434 e. The maximum atomic E-state index is 2.14. The van der Waals surface area contributed by atoms with Crippen LogP contribution in [0.4, 0.5) is 11.4 Å². The first-order valence-corrected chi connectivity index (χ1v) is 7.47. The van der Waals surface area contributed by atoms with Crippen LogP contribution in [0, 0.1) is 0 Å². The molecule has 2 aromatic rings. The van der Waals surface area contributed by atoms with Crippen LogP contribution < -0.4 is 9.80 Å². The minimum absolute atomic E-state index is 1.22. The molecule has 0 atom stereocenters. The molecule has 22 heavy (non-hydrogen) atoms. The highest BCUT2D eigenvalue weighted by molar-refractivity contribution is 5.71. The Kier molecular flexibility index (Phi) is 5.42. The minimum Gasteiger partial charge on any atom is -0.377 e. The molecule has 0 aromatic heterocycles. The Morgan fingerprint density at radius 3 is 1.32 bits per heavy atom. The molecule has 0 saturated heterocycles. The fourth-order valence-electron chi connectivity index (χ4n) is 2.39. The van der Waals surface area contributed by atoms with Crippen molar-refractivity contribution in [1.29, 1.82) is 0 Å². The summed E-state index contributed by atoms with van der Waals surface area (Å²) in [5.41, 5.74) is 4.89. The van der Waals surface area contributed by atoms with Crippen molar-refractivity contribution < 1.29 is 0 Å². The molecule has 0 N–H and O–H groups in total. The van der Waals surface area contributed by atoms with Gasteiger partial charge in [-0.2, -0.15) is 0 Å². The third kappa shape index (κ3) is 4.01. The Morgan fingerprint density at radius 1 is 0.591 bits per heavy atom. The van der Waals surface area contributed by atoms with Crippen LogP contribution in [-0.2, 0) is 0 Å². The van der Waals surface area contributed by atoms with Crippen LogP contribution >= 0.6 is 0 Å². The Hall–Kier alpha value is -2.48. The van der Waals surface area contributed by atoms with Gasteiger partial charge in [-0.3, -0.25) is 0 Å². The lowest BCUT2D eigenvalue weighted by molar-refractivity contribution is 1.13. The van der Waals surface area contributed by atoms with E-state index in [2.05, 4.69) is 111 Å². The van der Waals surface area contributed by atoms with Crippen LogP contribution in [0.3, 0.4) is 0 Å². The van der Waals surface area contributed by atoms with Gasteiger partial charge in [-0.25, -0.2) is 0 Å². The van der Waals surface area contributed by atoms with Crippen LogP contribution in [0.5, 0.6) is 0 Å². The van der Waals surface area contributed by atoms with Crippen LogP contribution in [-0.4, -0.2) is 28.2 Å².